The Morgan fingerprint density at radius 3 is 2.37 bits per heavy atom. The normalized spacial score (nSPS) is 28.0. The molecule has 2 saturated heterocycles. The first-order valence-electron chi connectivity index (χ1n) is 10.5. The molecule has 6 nitrogen and oxygen atoms in total. The van der Waals surface area contributed by atoms with Crippen molar-refractivity contribution in [1.29, 1.82) is 0 Å². The lowest BCUT2D eigenvalue weighted by Crippen LogP contribution is -2.59. The number of halogens is 1. The number of nitrogens with one attached hydrogen (secondary N) is 1. The van der Waals surface area contributed by atoms with Crippen LogP contribution in [0.5, 0.6) is 0 Å². The van der Waals surface area contributed by atoms with E-state index in [0.717, 1.165) is 45.1 Å². The summed E-state index contributed by atoms with van der Waals surface area (Å²) in [5.41, 5.74) is -1.94. The molecule has 2 amide bonds. The lowest BCUT2D eigenvalue weighted by molar-refractivity contribution is -0.139. The molecule has 0 aromatic heterocycles. The van der Waals surface area contributed by atoms with Gasteiger partial charge in [-0.1, -0.05) is 0 Å². The van der Waals surface area contributed by atoms with E-state index in [1.165, 1.54) is 0 Å². The Labute approximate surface area is 161 Å². The minimum absolute atomic E-state index is 0.203. The zero-order valence-electron chi connectivity index (χ0n) is 16.8. The molecule has 154 valence electrons. The van der Waals surface area contributed by atoms with Gasteiger partial charge in [-0.3, -0.25) is 4.79 Å². The molecular weight excluding hydrogens is 349 g/mol. The monoisotopic (exact) mass is 383 g/mol. The van der Waals surface area contributed by atoms with Gasteiger partial charge in [0.05, 0.1) is 6.61 Å². The largest absolute Gasteiger partial charge is 0.450 e. The van der Waals surface area contributed by atoms with E-state index in [2.05, 4.69) is 10.2 Å². The molecule has 0 spiro atoms. The third-order valence-corrected chi connectivity index (χ3v) is 6.61. The van der Waals surface area contributed by atoms with Crippen LogP contribution in [-0.4, -0.2) is 71.8 Å². The van der Waals surface area contributed by atoms with Crippen molar-refractivity contribution in [2.45, 2.75) is 82.5 Å². The van der Waals surface area contributed by atoms with Gasteiger partial charge in [0.2, 0.25) is 0 Å². The molecule has 0 aromatic rings. The lowest BCUT2D eigenvalue weighted by atomic mass is 9.77. The number of hydrogen-bond acceptors (Lipinski definition) is 4. The second-order valence-corrected chi connectivity index (χ2v) is 8.64. The molecule has 7 heteroatoms. The number of nitrogens with zero attached hydrogens (tertiary/aromatic N) is 2. The highest BCUT2D eigenvalue weighted by atomic mass is 19.1. The molecule has 3 rings (SSSR count). The van der Waals surface area contributed by atoms with Crippen molar-refractivity contribution >= 4 is 12.0 Å². The Balaban J connectivity index is 1.48. The fraction of sp³-hybridized carbons (Fsp3) is 0.900. The second-order valence-electron chi connectivity index (χ2n) is 8.64. The molecule has 1 saturated carbocycles. The highest BCUT2D eigenvalue weighted by Crippen LogP contribution is 2.35. The number of alkyl halides is 1. The van der Waals surface area contributed by atoms with Crippen molar-refractivity contribution in [2.75, 3.05) is 32.8 Å². The predicted molar refractivity (Wildman–Crippen MR) is 101 cm³/mol. The molecule has 0 aromatic carbocycles. The zero-order valence-corrected chi connectivity index (χ0v) is 16.8. The zero-order chi connectivity index (χ0) is 19.5. The van der Waals surface area contributed by atoms with Gasteiger partial charge < -0.3 is 19.9 Å². The average molecular weight is 384 g/mol. The summed E-state index contributed by atoms with van der Waals surface area (Å²) in [5, 5.41) is 2.95. The first kappa shape index (κ1) is 20.4. The first-order chi connectivity index (χ1) is 12.9. The third kappa shape index (κ3) is 4.73. The van der Waals surface area contributed by atoms with Crippen LogP contribution in [0.4, 0.5) is 9.18 Å². The summed E-state index contributed by atoms with van der Waals surface area (Å²) in [4.78, 5) is 28.5. The van der Waals surface area contributed by atoms with Crippen LogP contribution in [-0.2, 0) is 9.53 Å². The fourth-order valence-electron chi connectivity index (χ4n) is 4.53. The predicted octanol–water partition coefficient (Wildman–Crippen LogP) is 2.86. The van der Waals surface area contributed by atoms with Gasteiger partial charge in [0.25, 0.3) is 5.91 Å². The molecule has 2 aliphatic heterocycles. The van der Waals surface area contributed by atoms with Crippen LogP contribution in [0.15, 0.2) is 0 Å². The van der Waals surface area contributed by atoms with Crippen molar-refractivity contribution in [3.8, 4) is 0 Å². The second kappa shape index (κ2) is 8.33. The van der Waals surface area contributed by atoms with Gasteiger partial charge in [0, 0.05) is 50.6 Å². The number of ether oxygens (including phenoxy) is 1. The van der Waals surface area contributed by atoms with E-state index in [1.54, 1.807) is 4.90 Å². The molecule has 1 N–H and O–H groups in total. The van der Waals surface area contributed by atoms with Crippen molar-refractivity contribution in [3.63, 3.8) is 0 Å². The Kier molecular flexibility index (Phi) is 6.28. The maximum Gasteiger partial charge on any atom is 0.409 e. The van der Waals surface area contributed by atoms with Gasteiger partial charge in [-0.2, -0.15) is 0 Å². The third-order valence-electron chi connectivity index (χ3n) is 6.61. The van der Waals surface area contributed by atoms with Crippen LogP contribution < -0.4 is 5.32 Å². The number of hydrogen-bond donors (Lipinski definition) is 1. The smallest absolute Gasteiger partial charge is 0.409 e. The Morgan fingerprint density at radius 1 is 1.07 bits per heavy atom. The van der Waals surface area contributed by atoms with Crippen LogP contribution in [0, 0.1) is 0 Å². The summed E-state index contributed by atoms with van der Waals surface area (Å²) < 4.78 is 20.3. The quantitative estimate of drug-likeness (QED) is 0.811. The number of piperidine rings is 1. The Hall–Kier alpha value is -1.37. The van der Waals surface area contributed by atoms with Crippen LogP contribution in [0.1, 0.15) is 65.2 Å². The standard InChI is InChI=1S/C20H34FN3O3/c1-3-27-18(26)24-12-4-6-16(7-13-24)23-14-10-20(21,11-15-23)17(25)22-19(2)8-5-9-19/h16H,3-15H2,1-2H3,(H,22,25). The van der Waals surface area contributed by atoms with Gasteiger partial charge in [0.15, 0.2) is 5.67 Å². The van der Waals surface area contributed by atoms with Gasteiger partial charge in [0.1, 0.15) is 0 Å². The average Bonchev–Trinajstić information content (AvgIpc) is 2.87. The summed E-state index contributed by atoms with van der Waals surface area (Å²) in [7, 11) is 0. The minimum Gasteiger partial charge on any atom is -0.450 e. The Bertz CT molecular complexity index is 545. The van der Waals surface area contributed by atoms with Gasteiger partial charge >= 0.3 is 6.09 Å². The maximum absolute atomic E-state index is 15.2. The van der Waals surface area contributed by atoms with Gasteiger partial charge in [-0.25, -0.2) is 9.18 Å². The first-order valence-corrected chi connectivity index (χ1v) is 10.5. The number of carbonyl (C=O) groups is 2. The van der Waals surface area contributed by atoms with E-state index in [-0.39, 0.29) is 24.5 Å². The fourth-order valence-corrected chi connectivity index (χ4v) is 4.53. The molecule has 2 heterocycles. The van der Waals surface area contributed by atoms with E-state index >= 15 is 4.39 Å². The molecule has 3 fully saturated rings. The minimum atomic E-state index is -1.74. The summed E-state index contributed by atoms with van der Waals surface area (Å²) in [5.74, 6) is -0.418. The van der Waals surface area contributed by atoms with Crippen LogP contribution in [0.2, 0.25) is 0 Å². The summed E-state index contributed by atoms with van der Waals surface area (Å²) in [6, 6.07) is 0.348. The molecule has 27 heavy (non-hydrogen) atoms. The van der Waals surface area contributed by atoms with Gasteiger partial charge in [-0.05, 0) is 52.4 Å². The molecule has 1 aliphatic carbocycles. The Morgan fingerprint density at radius 2 is 1.78 bits per heavy atom. The highest BCUT2D eigenvalue weighted by molar-refractivity contribution is 5.86. The molecule has 1 atom stereocenters. The molecule has 0 bridgehead atoms. The molecular formula is C20H34FN3O3. The van der Waals surface area contributed by atoms with E-state index in [1.807, 2.05) is 13.8 Å². The van der Waals surface area contributed by atoms with Crippen molar-refractivity contribution < 1.29 is 18.7 Å². The molecule has 1 unspecified atom stereocenters. The van der Waals surface area contributed by atoms with Gasteiger partial charge in [-0.15, -0.1) is 0 Å². The van der Waals surface area contributed by atoms with E-state index < -0.39 is 11.6 Å². The summed E-state index contributed by atoms with van der Waals surface area (Å²) in [6.07, 6.45) is 6.08. The highest BCUT2D eigenvalue weighted by Gasteiger charge is 2.46. The maximum atomic E-state index is 15.2. The lowest BCUT2D eigenvalue weighted by Gasteiger charge is -2.43. The van der Waals surface area contributed by atoms with E-state index in [4.69, 9.17) is 4.74 Å². The molecule has 0 radical (unpaired) electrons. The topological polar surface area (TPSA) is 61.9 Å². The number of rotatable bonds is 4. The number of carbonyl (C=O) groups excluding carboxylic acids is 2. The van der Waals surface area contributed by atoms with Crippen LogP contribution in [0.3, 0.4) is 0 Å². The summed E-state index contributed by atoms with van der Waals surface area (Å²) >= 11 is 0. The van der Waals surface area contributed by atoms with Crippen LogP contribution >= 0.6 is 0 Å². The van der Waals surface area contributed by atoms with Crippen molar-refractivity contribution in [1.82, 2.24) is 15.1 Å². The van der Waals surface area contributed by atoms with Crippen molar-refractivity contribution in [3.05, 3.63) is 0 Å². The summed E-state index contributed by atoms with van der Waals surface area (Å²) in [6.45, 7) is 6.82. The number of amides is 2. The SMILES string of the molecule is CCOC(=O)N1CCCC(N2CCC(F)(C(=O)NC3(C)CCC3)CC2)CC1. The van der Waals surface area contributed by atoms with Crippen molar-refractivity contribution in [2.24, 2.45) is 0 Å². The number of likely N-dealkylation sites (tertiary alicyclic amines) is 2. The molecule has 3 aliphatic rings. The van der Waals surface area contributed by atoms with E-state index in [0.29, 0.717) is 32.3 Å². The van der Waals surface area contributed by atoms with Crippen LogP contribution in [0.25, 0.3) is 0 Å². The van der Waals surface area contributed by atoms with E-state index in [9.17, 15) is 9.59 Å².